The van der Waals surface area contributed by atoms with Gasteiger partial charge in [0.2, 0.25) is 0 Å². The molecule has 0 fully saturated rings. The molecule has 0 saturated carbocycles. The zero-order valence-corrected chi connectivity index (χ0v) is 13.3. The average Bonchev–Trinajstić information content (AvgIpc) is 2.37. The first kappa shape index (κ1) is 16.0. The Hall–Kier alpha value is -1.07. The molecule has 19 heavy (non-hydrogen) atoms. The molecule has 1 unspecified atom stereocenters. The van der Waals surface area contributed by atoms with E-state index in [1.54, 1.807) is 32.4 Å². The van der Waals surface area contributed by atoms with Crippen molar-refractivity contribution in [3.05, 3.63) is 28.2 Å². The fraction of sp³-hybridized carbons (Fsp3) is 0.500. The number of nitrogens with one attached hydrogen (secondary N) is 1. The number of hydrogen-bond acceptors (Lipinski definition) is 3. The Balaban J connectivity index is 2.79. The minimum absolute atomic E-state index is 0.00150. The molecule has 5 heteroatoms. The van der Waals surface area contributed by atoms with Gasteiger partial charge in [0, 0.05) is 12.7 Å². The second-order valence-electron chi connectivity index (χ2n) is 4.63. The van der Waals surface area contributed by atoms with Crippen LogP contribution < -0.4 is 10.1 Å². The Morgan fingerprint density at radius 3 is 2.53 bits per heavy atom. The lowest BCUT2D eigenvalue weighted by atomic mass is 10.0. The summed E-state index contributed by atoms with van der Waals surface area (Å²) in [7, 11) is 3.22. The van der Waals surface area contributed by atoms with Crippen LogP contribution in [0, 0.1) is 5.92 Å². The van der Waals surface area contributed by atoms with Gasteiger partial charge in [-0.25, -0.2) is 0 Å². The van der Waals surface area contributed by atoms with Crippen molar-refractivity contribution in [2.45, 2.75) is 19.9 Å². The molecule has 1 aromatic carbocycles. The van der Waals surface area contributed by atoms with E-state index in [-0.39, 0.29) is 11.9 Å². The lowest BCUT2D eigenvalue weighted by Gasteiger charge is -2.21. The number of carbonyl (C=O) groups is 1. The fourth-order valence-electron chi connectivity index (χ4n) is 1.64. The third kappa shape index (κ3) is 4.51. The van der Waals surface area contributed by atoms with E-state index in [0.717, 1.165) is 4.47 Å². The van der Waals surface area contributed by atoms with E-state index < -0.39 is 0 Å². The van der Waals surface area contributed by atoms with Crippen molar-refractivity contribution in [2.24, 2.45) is 5.92 Å². The van der Waals surface area contributed by atoms with Gasteiger partial charge in [0.25, 0.3) is 5.91 Å². The van der Waals surface area contributed by atoms with Gasteiger partial charge >= 0.3 is 0 Å². The number of rotatable bonds is 6. The molecule has 0 aliphatic heterocycles. The highest BCUT2D eigenvalue weighted by Gasteiger charge is 2.17. The first-order chi connectivity index (χ1) is 8.99. The first-order valence-electron chi connectivity index (χ1n) is 6.13. The molecule has 0 aromatic heterocycles. The van der Waals surface area contributed by atoms with Crippen molar-refractivity contribution >= 4 is 21.8 Å². The molecule has 0 spiro atoms. The maximum atomic E-state index is 12.2. The topological polar surface area (TPSA) is 47.6 Å². The number of methoxy groups -OCH3 is 2. The summed E-state index contributed by atoms with van der Waals surface area (Å²) in [5.41, 5.74) is 0.592. The number of halogens is 1. The maximum absolute atomic E-state index is 12.2. The van der Waals surface area contributed by atoms with Crippen molar-refractivity contribution in [2.75, 3.05) is 20.8 Å². The number of benzene rings is 1. The molecule has 1 atom stereocenters. The van der Waals surface area contributed by atoms with Crippen molar-refractivity contribution in [1.82, 2.24) is 5.32 Å². The third-order valence-electron chi connectivity index (χ3n) is 2.88. The molecule has 0 aliphatic rings. The smallest absolute Gasteiger partial charge is 0.251 e. The van der Waals surface area contributed by atoms with E-state index in [4.69, 9.17) is 9.47 Å². The Morgan fingerprint density at radius 2 is 2.05 bits per heavy atom. The van der Waals surface area contributed by atoms with Crippen LogP contribution in [0.3, 0.4) is 0 Å². The van der Waals surface area contributed by atoms with Crippen molar-refractivity contribution in [3.63, 3.8) is 0 Å². The molecular weight excluding hydrogens is 310 g/mol. The van der Waals surface area contributed by atoms with E-state index in [2.05, 4.69) is 21.2 Å². The standard InChI is InChI=1S/C14H20BrNO3/c1-9(2)12(8-18-3)16-14(17)10-5-6-13(19-4)11(15)7-10/h5-7,9,12H,8H2,1-4H3,(H,16,17). The first-order valence-corrected chi connectivity index (χ1v) is 6.92. The van der Waals surface area contributed by atoms with Crippen molar-refractivity contribution in [1.29, 1.82) is 0 Å². The van der Waals surface area contributed by atoms with Crippen LogP contribution in [0.5, 0.6) is 5.75 Å². The van der Waals surface area contributed by atoms with Crippen LogP contribution >= 0.6 is 15.9 Å². The molecular formula is C14H20BrNO3. The molecule has 1 N–H and O–H groups in total. The van der Waals surface area contributed by atoms with Gasteiger partial charge in [-0.1, -0.05) is 13.8 Å². The summed E-state index contributed by atoms with van der Waals surface area (Å²) in [6, 6.07) is 5.25. The van der Waals surface area contributed by atoms with Gasteiger partial charge in [-0.05, 0) is 40.0 Å². The molecule has 0 aliphatic carbocycles. The van der Waals surface area contributed by atoms with Gasteiger partial charge < -0.3 is 14.8 Å². The zero-order chi connectivity index (χ0) is 14.4. The minimum Gasteiger partial charge on any atom is -0.496 e. The predicted octanol–water partition coefficient (Wildman–Crippen LogP) is 2.86. The quantitative estimate of drug-likeness (QED) is 0.872. The third-order valence-corrected chi connectivity index (χ3v) is 3.50. The van der Waals surface area contributed by atoms with Gasteiger partial charge in [-0.3, -0.25) is 4.79 Å². The summed E-state index contributed by atoms with van der Waals surface area (Å²) in [6.07, 6.45) is 0. The molecule has 1 rings (SSSR count). The van der Waals surface area contributed by atoms with E-state index >= 15 is 0 Å². The lowest BCUT2D eigenvalue weighted by molar-refractivity contribution is 0.0866. The summed E-state index contributed by atoms with van der Waals surface area (Å²) >= 11 is 3.37. The molecule has 1 amide bonds. The van der Waals surface area contributed by atoms with Gasteiger partial charge in [-0.2, -0.15) is 0 Å². The number of amides is 1. The van der Waals surface area contributed by atoms with Crippen molar-refractivity contribution < 1.29 is 14.3 Å². The number of ether oxygens (including phenoxy) is 2. The molecule has 0 bridgehead atoms. The zero-order valence-electron chi connectivity index (χ0n) is 11.7. The van der Waals surface area contributed by atoms with Gasteiger partial charge in [0.15, 0.2) is 0 Å². The summed E-state index contributed by atoms with van der Waals surface area (Å²) in [5, 5.41) is 2.97. The van der Waals surface area contributed by atoms with Crippen LogP contribution in [0.1, 0.15) is 24.2 Å². The molecule has 106 valence electrons. The Kier molecular flexibility index (Phi) is 6.31. The molecule has 1 aromatic rings. The van der Waals surface area contributed by atoms with Crippen LogP contribution in [-0.4, -0.2) is 32.8 Å². The van der Waals surface area contributed by atoms with E-state index in [1.165, 1.54) is 0 Å². The predicted molar refractivity (Wildman–Crippen MR) is 78.7 cm³/mol. The highest BCUT2D eigenvalue weighted by Crippen LogP contribution is 2.25. The largest absolute Gasteiger partial charge is 0.496 e. The molecule has 4 nitrogen and oxygen atoms in total. The lowest BCUT2D eigenvalue weighted by Crippen LogP contribution is -2.41. The highest BCUT2D eigenvalue weighted by atomic mass is 79.9. The van der Waals surface area contributed by atoms with E-state index in [0.29, 0.717) is 23.8 Å². The van der Waals surface area contributed by atoms with E-state index in [1.807, 2.05) is 13.8 Å². The monoisotopic (exact) mass is 329 g/mol. The molecule has 0 radical (unpaired) electrons. The van der Waals surface area contributed by atoms with Crippen LogP contribution in [0.15, 0.2) is 22.7 Å². The van der Waals surface area contributed by atoms with Crippen LogP contribution in [-0.2, 0) is 4.74 Å². The normalized spacial score (nSPS) is 12.3. The summed E-state index contributed by atoms with van der Waals surface area (Å²) < 4.78 is 11.0. The van der Waals surface area contributed by atoms with Gasteiger partial charge in [-0.15, -0.1) is 0 Å². The van der Waals surface area contributed by atoms with Crippen LogP contribution in [0.25, 0.3) is 0 Å². The maximum Gasteiger partial charge on any atom is 0.251 e. The van der Waals surface area contributed by atoms with Crippen LogP contribution in [0.2, 0.25) is 0 Å². The summed E-state index contributed by atoms with van der Waals surface area (Å²) in [6.45, 7) is 4.60. The summed E-state index contributed by atoms with van der Waals surface area (Å²) in [5.74, 6) is 0.901. The minimum atomic E-state index is -0.112. The second-order valence-corrected chi connectivity index (χ2v) is 5.48. The SMILES string of the molecule is COCC(NC(=O)c1ccc(OC)c(Br)c1)C(C)C. The van der Waals surface area contributed by atoms with Crippen LogP contribution in [0.4, 0.5) is 0 Å². The Bertz CT molecular complexity index is 435. The highest BCUT2D eigenvalue weighted by molar-refractivity contribution is 9.10. The number of carbonyl (C=O) groups excluding carboxylic acids is 1. The second kappa shape index (κ2) is 7.50. The van der Waals surface area contributed by atoms with Gasteiger partial charge in [0.05, 0.1) is 24.2 Å². The number of hydrogen-bond donors (Lipinski definition) is 1. The molecule has 0 saturated heterocycles. The molecule has 0 heterocycles. The average molecular weight is 330 g/mol. The Morgan fingerprint density at radius 1 is 1.37 bits per heavy atom. The Labute approximate surface area is 122 Å². The fourth-order valence-corrected chi connectivity index (χ4v) is 2.18. The summed E-state index contributed by atoms with van der Waals surface area (Å²) in [4.78, 5) is 12.2. The van der Waals surface area contributed by atoms with Gasteiger partial charge in [0.1, 0.15) is 5.75 Å². The van der Waals surface area contributed by atoms with Crippen molar-refractivity contribution in [3.8, 4) is 5.75 Å². The van der Waals surface area contributed by atoms with E-state index in [9.17, 15) is 4.79 Å².